The zero-order chi connectivity index (χ0) is 18.1. The Morgan fingerprint density at radius 2 is 1.72 bits per heavy atom. The molecule has 0 aliphatic carbocycles. The lowest BCUT2D eigenvalue weighted by molar-refractivity contribution is -0.139. The van der Waals surface area contributed by atoms with Gasteiger partial charge in [-0.3, -0.25) is 9.59 Å². The Labute approximate surface area is 148 Å². The number of nitrogens with zero attached hydrogens (tertiary/aromatic N) is 1. The van der Waals surface area contributed by atoms with Gasteiger partial charge >= 0.3 is 5.97 Å². The molecule has 0 bridgehead atoms. The molecule has 4 heteroatoms. The number of amides is 1. The predicted octanol–water partition coefficient (Wildman–Crippen LogP) is 3.88. The van der Waals surface area contributed by atoms with Crippen LogP contribution >= 0.6 is 0 Å². The van der Waals surface area contributed by atoms with Gasteiger partial charge in [0.2, 0.25) is 5.91 Å². The first-order chi connectivity index (χ1) is 11.8. The Hall–Kier alpha value is -2.62. The fourth-order valence-corrected chi connectivity index (χ4v) is 3.09. The highest BCUT2D eigenvalue weighted by Crippen LogP contribution is 2.30. The lowest BCUT2D eigenvalue weighted by atomic mass is 10.1. The van der Waals surface area contributed by atoms with Crippen molar-refractivity contribution < 1.29 is 14.3 Å². The minimum absolute atomic E-state index is 0.0317. The molecule has 0 aromatic heterocycles. The van der Waals surface area contributed by atoms with Crippen molar-refractivity contribution in [2.24, 2.45) is 5.92 Å². The Bertz CT molecular complexity index is 841. The molecule has 1 saturated heterocycles. The number of rotatable bonds is 3. The van der Waals surface area contributed by atoms with E-state index in [1.807, 2.05) is 58.0 Å². The summed E-state index contributed by atoms with van der Waals surface area (Å²) >= 11 is 0. The summed E-state index contributed by atoms with van der Waals surface area (Å²) in [5.41, 5.74) is 5.23. The van der Waals surface area contributed by atoms with E-state index in [4.69, 9.17) is 4.74 Å². The summed E-state index contributed by atoms with van der Waals surface area (Å²) in [5, 5.41) is 0. The van der Waals surface area contributed by atoms with Crippen LogP contribution in [0.3, 0.4) is 0 Å². The number of aryl methyl sites for hydroxylation is 4. The smallest absolute Gasteiger partial charge is 0.316 e. The molecule has 25 heavy (non-hydrogen) atoms. The van der Waals surface area contributed by atoms with E-state index >= 15 is 0 Å². The molecule has 0 N–H and O–H groups in total. The fourth-order valence-electron chi connectivity index (χ4n) is 3.09. The van der Waals surface area contributed by atoms with E-state index in [-0.39, 0.29) is 18.3 Å². The van der Waals surface area contributed by atoms with Crippen molar-refractivity contribution in [1.29, 1.82) is 0 Å². The standard InChI is InChI=1S/C21H23NO3/c1-13-5-6-15(3)19(9-13)22-12-17(11-20(22)23)21(24)25-18-8-7-14(2)16(4)10-18/h5-10,17H,11-12H2,1-4H3/t17-/m0/s1. The maximum Gasteiger partial charge on any atom is 0.316 e. The minimum Gasteiger partial charge on any atom is -0.426 e. The van der Waals surface area contributed by atoms with Gasteiger partial charge in [0.05, 0.1) is 5.92 Å². The summed E-state index contributed by atoms with van der Waals surface area (Å²) in [7, 11) is 0. The fraction of sp³-hybridized carbons (Fsp3) is 0.333. The molecule has 0 unspecified atom stereocenters. The summed E-state index contributed by atoms with van der Waals surface area (Å²) in [6.07, 6.45) is 0.192. The van der Waals surface area contributed by atoms with Crippen molar-refractivity contribution in [3.8, 4) is 5.75 Å². The molecule has 0 saturated carbocycles. The molecule has 1 fully saturated rings. The first kappa shape index (κ1) is 17.2. The second-order valence-electron chi connectivity index (χ2n) is 6.86. The number of hydrogen-bond acceptors (Lipinski definition) is 3. The quantitative estimate of drug-likeness (QED) is 0.631. The van der Waals surface area contributed by atoms with Crippen LogP contribution < -0.4 is 9.64 Å². The number of ether oxygens (including phenoxy) is 1. The average molecular weight is 337 g/mol. The van der Waals surface area contributed by atoms with Crippen LogP contribution in [0.2, 0.25) is 0 Å². The van der Waals surface area contributed by atoms with Crippen molar-refractivity contribution in [2.75, 3.05) is 11.4 Å². The molecular weight excluding hydrogens is 314 g/mol. The Morgan fingerprint density at radius 1 is 1.00 bits per heavy atom. The van der Waals surface area contributed by atoms with Gasteiger partial charge in [0.25, 0.3) is 0 Å². The van der Waals surface area contributed by atoms with Gasteiger partial charge in [-0.2, -0.15) is 0 Å². The minimum atomic E-state index is -0.436. The summed E-state index contributed by atoms with van der Waals surface area (Å²) in [4.78, 5) is 26.6. The number of carbonyl (C=O) groups is 2. The average Bonchev–Trinajstić information content (AvgIpc) is 2.95. The second-order valence-corrected chi connectivity index (χ2v) is 6.86. The highest BCUT2D eigenvalue weighted by molar-refractivity contribution is 6.00. The SMILES string of the molecule is Cc1ccc(C)c(N2C[C@@H](C(=O)Oc3ccc(C)c(C)c3)CC2=O)c1. The lowest BCUT2D eigenvalue weighted by Gasteiger charge is -2.19. The van der Waals surface area contributed by atoms with Crippen molar-refractivity contribution in [3.05, 3.63) is 58.7 Å². The molecule has 3 rings (SSSR count). The van der Waals surface area contributed by atoms with E-state index < -0.39 is 5.92 Å². The topological polar surface area (TPSA) is 46.6 Å². The van der Waals surface area contributed by atoms with Crippen LogP contribution in [0.25, 0.3) is 0 Å². The molecule has 1 aliphatic heterocycles. The predicted molar refractivity (Wildman–Crippen MR) is 97.9 cm³/mol. The van der Waals surface area contributed by atoms with Crippen LogP contribution in [-0.2, 0) is 9.59 Å². The van der Waals surface area contributed by atoms with Gasteiger partial charge in [0, 0.05) is 18.7 Å². The highest BCUT2D eigenvalue weighted by atomic mass is 16.5. The first-order valence-corrected chi connectivity index (χ1v) is 8.51. The van der Waals surface area contributed by atoms with Gasteiger partial charge in [-0.05, 0) is 68.1 Å². The Morgan fingerprint density at radius 3 is 2.44 bits per heavy atom. The number of benzene rings is 2. The van der Waals surface area contributed by atoms with Crippen LogP contribution in [0.1, 0.15) is 28.7 Å². The highest BCUT2D eigenvalue weighted by Gasteiger charge is 2.37. The molecule has 0 spiro atoms. The molecule has 2 aromatic rings. The van der Waals surface area contributed by atoms with Gasteiger partial charge in [0.15, 0.2) is 0 Å². The van der Waals surface area contributed by atoms with Crippen molar-refractivity contribution in [1.82, 2.24) is 0 Å². The largest absolute Gasteiger partial charge is 0.426 e. The van der Waals surface area contributed by atoms with Crippen molar-refractivity contribution >= 4 is 17.6 Å². The van der Waals surface area contributed by atoms with Crippen LogP contribution in [0.15, 0.2) is 36.4 Å². The van der Waals surface area contributed by atoms with Gasteiger partial charge < -0.3 is 9.64 Å². The third kappa shape index (κ3) is 3.58. The van der Waals surface area contributed by atoms with E-state index in [9.17, 15) is 9.59 Å². The number of esters is 1. The zero-order valence-corrected chi connectivity index (χ0v) is 15.1. The number of anilines is 1. The molecule has 1 aliphatic rings. The normalized spacial score (nSPS) is 17.0. The summed E-state index contributed by atoms with van der Waals surface area (Å²) < 4.78 is 5.50. The van der Waals surface area contributed by atoms with E-state index in [1.165, 1.54) is 0 Å². The number of hydrogen-bond donors (Lipinski definition) is 0. The molecule has 1 heterocycles. The molecular formula is C21H23NO3. The van der Waals surface area contributed by atoms with Crippen molar-refractivity contribution in [3.63, 3.8) is 0 Å². The lowest BCUT2D eigenvalue weighted by Crippen LogP contribution is -2.28. The zero-order valence-electron chi connectivity index (χ0n) is 15.1. The second kappa shape index (κ2) is 6.71. The van der Waals surface area contributed by atoms with Crippen LogP contribution in [-0.4, -0.2) is 18.4 Å². The Balaban J connectivity index is 1.74. The molecule has 1 amide bonds. The maximum atomic E-state index is 12.5. The van der Waals surface area contributed by atoms with Crippen LogP contribution in [0, 0.1) is 33.6 Å². The van der Waals surface area contributed by atoms with E-state index in [0.29, 0.717) is 12.3 Å². The third-order valence-electron chi connectivity index (χ3n) is 4.81. The first-order valence-electron chi connectivity index (χ1n) is 8.51. The van der Waals surface area contributed by atoms with E-state index in [0.717, 1.165) is 27.9 Å². The summed E-state index contributed by atoms with van der Waals surface area (Å²) in [6, 6.07) is 11.6. The molecule has 130 valence electrons. The summed E-state index contributed by atoms with van der Waals surface area (Å²) in [6.45, 7) is 8.33. The van der Waals surface area contributed by atoms with Gasteiger partial charge in [-0.1, -0.05) is 18.2 Å². The third-order valence-corrected chi connectivity index (χ3v) is 4.81. The van der Waals surface area contributed by atoms with Crippen LogP contribution in [0.5, 0.6) is 5.75 Å². The Kier molecular flexibility index (Phi) is 4.62. The monoisotopic (exact) mass is 337 g/mol. The molecule has 4 nitrogen and oxygen atoms in total. The van der Waals surface area contributed by atoms with E-state index in [1.54, 1.807) is 11.0 Å². The molecule has 0 radical (unpaired) electrons. The molecule has 1 atom stereocenters. The van der Waals surface area contributed by atoms with Crippen LogP contribution in [0.4, 0.5) is 5.69 Å². The summed E-state index contributed by atoms with van der Waals surface area (Å²) in [5.74, 6) is -0.278. The van der Waals surface area contributed by atoms with Crippen molar-refractivity contribution in [2.45, 2.75) is 34.1 Å². The molecule has 2 aromatic carbocycles. The maximum absolute atomic E-state index is 12.5. The van der Waals surface area contributed by atoms with Gasteiger partial charge in [0.1, 0.15) is 5.75 Å². The van der Waals surface area contributed by atoms with E-state index in [2.05, 4.69) is 0 Å². The van der Waals surface area contributed by atoms with Gasteiger partial charge in [-0.25, -0.2) is 0 Å². The van der Waals surface area contributed by atoms with Gasteiger partial charge in [-0.15, -0.1) is 0 Å². The number of carbonyl (C=O) groups excluding carboxylic acids is 2.